The molecule has 39 heavy (non-hydrogen) atoms. The van der Waals surface area contributed by atoms with Crippen molar-refractivity contribution in [3.05, 3.63) is 89.7 Å². The molecule has 1 aliphatic rings. The monoisotopic (exact) mass is 565 g/mol. The van der Waals surface area contributed by atoms with Gasteiger partial charge in [-0.3, -0.25) is 9.89 Å². The summed E-state index contributed by atoms with van der Waals surface area (Å²) in [4.78, 5) is 15.5. The van der Waals surface area contributed by atoms with Crippen LogP contribution in [0.1, 0.15) is 28.6 Å². The minimum Gasteiger partial charge on any atom is -0.497 e. The highest BCUT2D eigenvalue weighted by atomic mass is 32.2. The third-order valence-corrected chi connectivity index (χ3v) is 9.66. The number of nitrogens with two attached hydrogens (primary N) is 1. The average Bonchev–Trinajstić information content (AvgIpc) is 3.60. The molecule has 1 unspecified atom stereocenters. The summed E-state index contributed by atoms with van der Waals surface area (Å²) in [7, 11) is -2.48. The lowest BCUT2D eigenvalue weighted by Gasteiger charge is -2.27. The van der Waals surface area contributed by atoms with Gasteiger partial charge in [0.15, 0.2) is 0 Å². The van der Waals surface area contributed by atoms with Crippen molar-refractivity contribution < 1.29 is 17.9 Å². The normalized spacial score (nSPS) is 16.8. The highest BCUT2D eigenvalue weighted by molar-refractivity contribution is 7.98. The first-order valence-corrected chi connectivity index (χ1v) is 15.3. The van der Waals surface area contributed by atoms with Crippen LogP contribution in [-0.2, 0) is 27.9 Å². The van der Waals surface area contributed by atoms with Crippen molar-refractivity contribution in [2.24, 2.45) is 5.73 Å². The molecular formula is C28H31N5O4S2. The largest absolute Gasteiger partial charge is 0.497 e. The Morgan fingerprint density at radius 3 is 2.72 bits per heavy atom. The molecule has 2 heterocycles. The predicted molar refractivity (Wildman–Crippen MR) is 153 cm³/mol. The third kappa shape index (κ3) is 5.67. The Kier molecular flexibility index (Phi) is 7.94. The van der Waals surface area contributed by atoms with Gasteiger partial charge in [-0.15, -0.1) is 11.8 Å². The van der Waals surface area contributed by atoms with Crippen molar-refractivity contribution >= 4 is 38.5 Å². The van der Waals surface area contributed by atoms with Crippen LogP contribution in [0, 0.1) is 0 Å². The maximum atomic E-state index is 14.1. The Labute approximate surface area is 232 Å². The fourth-order valence-electron chi connectivity index (χ4n) is 4.90. The number of aromatic amines is 1. The lowest BCUT2D eigenvalue weighted by Crippen LogP contribution is -2.44. The topological polar surface area (TPSA) is 122 Å². The van der Waals surface area contributed by atoms with Crippen LogP contribution in [0.3, 0.4) is 0 Å². The van der Waals surface area contributed by atoms with Crippen LogP contribution < -0.4 is 10.5 Å². The minimum atomic E-state index is -4.04. The summed E-state index contributed by atoms with van der Waals surface area (Å²) in [6.45, 7) is 0.838. The maximum Gasteiger partial charge on any atom is 0.244 e. The van der Waals surface area contributed by atoms with Gasteiger partial charge in [0.1, 0.15) is 11.8 Å². The molecule has 1 aliphatic heterocycles. The molecule has 3 aromatic carbocycles. The van der Waals surface area contributed by atoms with Crippen molar-refractivity contribution in [2.45, 2.75) is 35.8 Å². The van der Waals surface area contributed by atoms with Gasteiger partial charge in [0.25, 0.3) is 0 Å². The number of thioether (sulfide) groups is 1. The molecule has 0 saturated carbocycles. The number of likely N-dealkylation sites (tertiary alicyclic amines) is 1. The molecule has 3 N–H and O–H groups in total. The fraction of sp³-hybridized carbons (Fsp3) is 0.286. The Hall–Kier alpha value is -3.38. The first-order chi connectivity index (χ1) is 18.8. The highest BCUT2D eigenvalue weighted by Gasteiger charge is 2.42. The molecule has 0 radical (unpaired) electrons. The van der Waals surface area contributed by atoms with Crippen molar-refractivity contribution in [1.29, 1.82) is 0 Å². The number of carbonyl (C=O) groups excluding carboxylic acids is 1. The quantitative estimate of drug-likeness (QED) is 0.280. The van der Waals surface area contributed by atoms with Crippen molar-refractivity contribution in [1.82, 2.24) is 19.4 Å². The second-order valence-corrected chi connectivity index (χ2v) is 12.3. The molecule has 204 valence electrons. The van der Waals surface area contributed by atoms with Gasteiger partial charge in [-0.25, -0.2) is 8.42 Å². The number of aromatic nitrogens is 2. The van der Waals surface area contributed by atoms with E-state index in [-0.39, 0.29) is 22.7 Å². The number of nitrogens with zero attached hydrogens (tertiary/aromatic N) is 3. The molecule has 5 rings (SSSR count). The van der Waals surface area contributed by atoms with E-state index in [9.17, 15) is 13.2 Å². The number of sulfonamides is 1. The smallest absolute Gasteiger partial charge is 0.244 e. The second-order valence-electron chi connectivity index (χ2n) is 9.47. The zero-order valence-corrected chi connectivity index (χ0v) is 23.4. The maximum absolute atomic E-state index is 14.1. The Balaban J connectivity index is 1.45. The molecule has 9 nitrogen and oxygen atoms in total. The van der Waals surface area contributed by atoms with Gasteiger partial charge < -0.3 is 15.4 Å². The fourth-order valence-corrected chi connectivity index (χ4v) is 6.95. The Morgan fingerprint density at radius 1 is 1.15 bits per heavy atom. The first kappa shape index (κ1) is 27.2. The van der Waals surface area contributed by atoms with Crippen LogP contribution >= 0.6 is 11.8 Å². The van der Waals surface area contributed by atoms with E-state index in [1.807, 2.05) is 42.7 Å². The number of rotatable bonds is 10. The lowest BCUT2D eigenvalue weighted by atomic mass is 10.1. The van der Waals surface area contributed by atoms with Gasteiger partial charge in [-0.05, 0) is 64.9 Å². The van der Waals surface area contributed by atoms with Crippen LogP contribution in [0.15, 0.2) is 77.8 Å². The zero-order chi connectivity index (χ0) is 27.6. The standard InChI is InChI=1S/C28H31N5O4S2/c1-37-24-8-6-20-7-9-25(16-22(20)15-24)39(35,36)33(18-23-10-12-30-31-23)26-11-13-32(28(26)34)17-19-4-3-5-21(14-19)27(29)38-2/h3-10,12,14-16,26-27H,11,13,17-18,29H2,1-2H3,(H,30,31)/t26-,27?/m0/s1. The van der Waals surface area contributed by atoms with Gasteiger partial charge in [0.05, 0.1) is 29.6 Å². The number of hydrogen-bond donors (Lipinski definition) is 2. The van der Waals surface area contributed by atoms with Gasteiger partial charge in [-0.1, -0.05) is 36.4 Å². The number of ether oxygens (including phenoxy) is 1. The molecule has 11 heteroatoms. The summed E-state index contributed by atoms with van der Waals surface area (Å²) >= 11 is 1.55. The van der Waals surface area contributed by atoms with Gasteiger partial charge >= 0.3 is 0 Å². The third-order valence-electron chi connectivity index (χ3n) is 7.03. The van der Waals surface area contributed by atoms with Crippen molar-refractivity contribution in [3.63, 3.8) is 0 Å². The van der Waals surface area contributed by atoms with E-state index < -0.39 is 16.1 Å². The number of amides is 1. The Bertz CT molecular complexity index is 1580. The minimum absolute atomic E-state index is 0.000783. The molecule has 1 amide bonds. The molecule has 0 bridgehead atoms. The van der Waals surface area contributed by atoms with E-state index >= 15 is 0 Å². The number of carbonyl (C=O) groups is 1. The number of benzene rings is 3. The van der Waals surface area contributed by atoms with Crippen molar-refractivity contribution in [3.8, 4) is 5.75 Å². The van der Waals surface area contributed by atoms with Gasteiger partial charge in [-0.2, -0.15) is 9.40 Å². The van der Waals surface area contributed by atoms with Crippen LogP contribution in [0.25, 0.3) is 10.8 Å². The van der Waals surface area contributed by atoms with E-state index in [1.165, 1.54) is 4.31 Å². The molecule has 1 saturated heterocycles. The van der Waals surface area contributed by atoms with Crippen LogP contribution in [-0.4, -0.2) is 59.7 Å². The van der Waals surface area contributed by atoms with E-state index in [2.05, 4.69) is 10.2 Å². The summed E-state index contributed by atoms with van der Waals surface area (Å²) in [6.07, 6.45) is 3.90. The van der Waals surface area contributed by atoms with Gasteiger partial charge in [0.2, 0.25) is 15.9 Å². The Morgan fingerprint density at radius 2 is 1.97 bits per heavy atom. The SMILES string of the molecule is COc1ccc2ccc(S(=O)(=O)N(Cc3ccn[nH]3)[C@H]3CCN(Cc4cccc(C(N)SC)c4)C3=O)cc2c1. The van der Waals surface area contributed by atoms with E-state index in [1.54, 1.807) is 60.3 Å². The van der Waals surface area contributed by atoms with Crippen LogP contribution in [0.5, 0.6) is 5.75 Å². The second kappa shape index (κ2) is 11.4. The first-order valence-electron chi connectivity index (χ1n) is 12.5. The van der Waals surface area contributed by atoms with Crippen molar-refractivity contribution in [2.75, 3.05) is 19.9 Å². The van der Waals surface area contributed by atoms with E-state index in [4.69, 9.17) is 10.5 Å². The highest BCUT2D eigenvalue weighted by Crippen LogP contribution is 2.31. The zero-order valence-electron chi connectivity index (χ0n) is 21.8. The molecule has 4 aromatic rings. The molecule has 1 fully saturated rings. The number of H-pyrrole nitrogens is 1. The molecule has 2 atom stereocenters. The summed E-state index contributed by atoms with van der Waals surface area (Å²) in [5.41, 5.74) is 8.72. The lowest BCUT2D eigenvalue weighted by molar-refractivity contribution is -0.131. The van der Waals surface area contributed by atoms with E-state index in [0.29, 0.717) is 31.0 Å². The van der Waals surface area contributed by atoms with Gasteiger partial charge in [0, 0.05) is 19.3 Å². The number of nitrogens with one attached hydrogen (secondary N) is 1. The molecule has 1 aromatic heterocycles. The predicted octanol–water partition coefficient (Wildman–Crippen LogP) is 3.88. The van der Waals surface area contributed by atoms with Crippen LogP contribution in [0.2, 0.25) is 0 Å². The summed E-state index contributed by atoms with van der Waals surface area (Å²) < 4.78 is 34.8. The molecule has 0 aliphatic carbocycles. The summed E-state index contributed by atoms with van der Waals surface area (Å²) in [5.74, 6) is 0.413. The number of fused-ring (bicyclic) bond motifs is 1. The average molecular weight is 566 g/mol. The molecular weight excluding hydrogens is 534 g/mol. The van der Waals surface area contributed by atoms with E-state index in [0.717, 1.165) is 21.9 Å². The number of methoxy groups -OCH3 is 1. The molecule has 0 spiro atoms. The number of hydrogen-bond acceptors (Lipinski definition) is 7. The summed E-state index contributed by atoms with van der Waals surface area (Å²) in [6, 6.07) is 19.2. The summed E-state index contributed by atoms with van der Waals surface area (Å²) in [5, 5.41) is 8.28. The van der Waals surface area contributed by atoms with Crippen LogP contribution in [0.4, 0.5) is 0 Å².